The summed E-state index contributed by atoms with van der Waals surface area (Å²) in [5.74, 6) is 0.0125. The Labute approximate surface area is 118 Å². The first-order chi connectivity index (χ1) is 9.74. The second-order valence-electron chi connectivity index (χ2n) is 4.66. The van der Waals surface area contributed by atoms with Crippen LogP contribution in [0, 0.1) is 0 Å². The van der Waals surface area contributed by atoms with E-state index in [2.05, 4.69) is 0 Å². The SMILES string of the molecule is COC1COC(C(CC(=O)c2ccccc2)OC)OC1. The Kier molecular flexibility index (Phi) is 5.67. The van der Waals surface area contributed by atoms with Crippen LogP contribution >= 0.6 is 0 Å². The maximum absolute atomic E-state index is 12.2. The zero-order valence-electron chi connectivity index (χ0n) is 11.8. The molecule has 1 aromatic carbocycles. The molecule has 1 aliphatic heterocycles. The highest BCUT2D eigenvalue weighted by atomic mass is 16.7. The standard InChI is InChI=1S/C15H20O5/c1-17-12-9-19-15(20-10-12)14(18-2)8-13(16)11-6-4-3-5-7-11/h3-7,12,14-15H,8-10H2,1-2H3. The molecule has 1 aromatic rings. The van der Waals surface area contributed by atoms with E-state index in [-0.39, 0.29) is 18.3 Å². The van der Waals surface area contributed by atoms with Crippen molar-refractivity contribution in [1.82, 2.24) is 0 Å². The molecule has 1 unspecified atom stereocenters. The van der Waals surface area contributed by atoms with Crippen LogP contribution in [0.15, 0.2) is 30.3 Å². The van der Waals surface area contributed by atoms with E-state index in [4.69, 9.17) is 18.9 Å². The molecule has 1 saturated heterocycles. The molecule has 20 heavy (non-hydrogen) atoms. The lowest BCUT2D eigenvalue weighted by molar-refractivity contribution is -0.257. The zero-order valence-corrected chi connectivity index (χ0v) is 11.8. The van der Waals surface area contributed by atoms with Crippen LogP contribution in [0.4, 0.5) is 0 Å². The van der Waals surface area contributed by atoms with Gasteiger partial charge in [-0.15, -0.1) is 0 Å². The minimum Gasteiger partial charge on any atom is -0.377 e. The van der Waals surface area contributed by atoms with Gasteiger partial charge < -0.3 is 18.9 Å². The lowest BCUT2D eigenvalue weighted by Gasteiger charge is -2.32. The topological polar surface area (TPSA) is 54.0 Å². The molecule has 0 N–H and O–H groups in total. The van der Waals surface area contributed by atoms with Crippen molar-refractivity contribution in [3.05, 3.63) is 35.9 Å². The van der Waals surface area contributed by atoms with Gasteiger partial charge in [0.15, 0.2) is 12.1 Å². The van der Waals surface area contributed by atoms with Crippen molar-refractivity contribution in [3.8, 4) is 0 Å². The second-order valence-corrected chi connectivity index (χ2v) is 4.66. The summed E-state index contributed by atoms with van der Waals surface area (Å²) < 4.78 is 21.6. The molecule has 1 aliphatic rings. The summed E-state index contributed by atoms with van der Waals surface area (Å²) in [5.41, 5.74) is 0.667. The third-order valence-corrected chi connectivity index (χ3v) is 3.31. The van der Waals surface area contributed by atoms with Crippen molar-refractivity contribution in [3.63, 3.8) is 0 Å². The smallest absolute Gasteiger partial charge is 0.184 e. The summed E-state index contributed by atoms with van der Waals surface area (Å²) in [4.78, 5) is 12.2. The summed E-state index contributed by atoms with van der Waals surface area (Å²) in [6.07, 6.45) is -0.781. The first-order valence-corrected chi connectivity index (χ1v) is 6.61. The second kappa shape index (κ2) is 7.50. The summed E-state index contributed by atoms with van der Waals surface area (Å²) in [5, 5.41) is 0. The van der Waals surface area contributed by atoms with Gasteiger partial charge in [0.25, 0.3) is 0 Å². The molecule has 0 amide bonds. The number of Topliss-reactive ketones (excluding diaryl/α,β-unsaturated/α-hetero) is 1. The van der Waals surface area contributed by atoms with Gasteiger partial charge in [-0.25, -0.2) is 0 Å². The van der Waals surface area contributed by atoms with Gasteiger partial charge in [-0.2, -0.15) is 0 Å². The molecule has 0 bridgehead atoms. The van der Waals surface area contributed by atoms with Crippen molar-refractivity contribution in [2.75, 3.05) is 27.4 Å². The van der Waals surface area contributed by atoms with E-state index in [1.807, 2.05) is 18.2 Å². The van der Waals surface area contributed by atoms with Gasteiger partial charge in [-0.05, 0) is 0 Å². The average molecular weight is 280 g/mol. The van der Waals surface area contributed by atoms with E-state index in [0.29, 0.717) is 18.8 Å². The van der Waals surface area contributed by atoms with Crippen molar-refractivity contribution in [1.29, 1.82) is 0 Å². The van der Waals surface area contributed by atoms with Crippen LogP contribution in [0.1, 0.15) is 16.8 Å². The van der Waals surface area contributed by atoms with Gasteiger partial charge in [-0.3, -0.25) is 4.79 Å². The van der Waals surface area contributed by atoms with Crippen molar-refractivity contribution >= 4 is 5.78 Å². The number of ether oxygens (including phenoxy) is 4. The van der Waals surface area contributed by atoms with Gasteiger partial charge in [0.05, 0.1) is 13.2 Å². The van der Waals surface area contributed by atoms with Crippen LogP contribution in [-0.4, -0.2) is 51.7 Å². The molecule has 0 saturated carbocycles. The van der Waals surface area contributed by atoms with Crippen LogP contribution in [0.3, 0.4) is 0 Å². The maximum Gasteiger partial charge on any atom is 0.184 e. The summed E-state index contributed by atoms with van der Waals surface area (Å²) in [6, 6.07) is 9.14. The van der Waals surface area contributed by atoms with Gasteiger partial charge in [0.2, 0.25) is 0 Å². The Morgan fingerprint density at radius 2 is 1.90 bits per heavy atom. The van der Waals surface area contributed by atoms with Crippen molar-refractivity contribution in [2.45, 2.75) is 24.9 Å². The Bertz CT molecular complexity index is 412. The molecule has 0 spiro atoms. The molecule has 1 fully saturated rings. The zero-order chi connectivity index (χ0) is 14.4. The van der Waals surface area contributed by atoms with Gasteiger partial charge in [0.1, 0.15) is 12.2 Å². The Morgan fingerprint density at radius 1 is 1.25 bits per heavy atom. The minimum atomic E-state index is -0.529. The van der Waals surface area contributed by atoms with Crippen LogP contribution in [0.5, 0.6) is 0 Å². The normalized spacial score (nSPS) is 24.3. The van der Waals surface area contributed by atoms with E-state index in [1.165, 1.54) is 0 Å². The first kappa shape index (κ1) is 15.1. The van der Waals surface area contributed by atoms with Crippen molar-refractivity contribution < 1.29 is 23.7 Å². The molecule has 1 atom stereocenters. The lowest BCUT2D eigenvalue weighted by Crippen LogP contribution is -2.44. The van der Waals surface area contributed by atoms with E-state index < -0.39 is 12.4 Å². The summed E-state index contributed by atoms with van der Waals surface area (Å²) >= 11 is 0. The third kappa shape index (κ3) is 3.86. The highest BCUT2D eigenvalue weighted by Crippen LogP contribution is 2.17. The number of hydrogen-bond donors (Lipinski definition) is 0. The fourth-order valence-corrected chi connectivity index (χ4v) is 2.07. The fraction of sp³-hybridized carbons (Fsp3) is 0.533. The van der Waals surface area contributed by atoms with E-state index in [0.717, 1.165) is 0 Å². The van der Waals surface area contributed by atoms with Crippen LogP contribution in [0.2, 0.25) is 0 Å². The van der Waals surface area contributed by atoms with E-state index in [9.17, 15) is 4.79 Å². The first-order valence-electron chi connectivity index (χ1n) is 6.61. The Hall–Kier alpha value is -1.27. The fourth-order valence-electron chi connectivity index (χ4n) is 2.07. The van der Waals surface area contributed by atoms with Gasteiger partial charge >= 0.3 is 0 Å². The maximum atomic E-state index is 12.2. The number of methoxy groups -OCH3 is 2. The number of rotatable bonds is 6. The molecule has 5 heteroatoms. The molecular weight excluding hydrogens is 260 g/mol. The van der Waals surface area contributed by atoms with Crippen LogP contribution in [-0.2, 0) is 18.9 Å². The number of carbonyl (C=O) groups excluding carboxylic acids is 1. The number of benzene rings is 1. The van der Waals surface area contributed by atoms with Gasteiger partial charge in [0, 0.05) is 26.2 Å². The predicted molar refractivity (Wildman–Crippen MR) is 72.7 cm³/mol. The molecule has 1 heterocycles. The Morgan fingerprint density at radius 3 is 2.45 bits per heavy atom. The highest BCUT2D eigenvalue weighted by Gasteiger charge is 2.31. The molecular formula is C15H20O5. The number of ketones is 1. The summed E-state index contributed by atoms with van der Waals surface area (Å²) in [6.45, 7) is 0.890. The van der Waals surface area contributed by atoms with Crippen LogP contribution < -0.4 is 0 Å². The molecule has 110 valence electrons. The highest BCUT2D eigenvalue weighted by molar-refractivity contribution is 5.96. The monoisotopic (exact) mass is 280 g/mol. The quantitative estimate of drug-likeness (QED) is 0.742. The largest absolute Gasteiger partial charge is 0.377 e. The van der Waals surface area contributed by atoms with E-state index >= 15 is 0 Å². The molecule has 0 aliphatic carbocycles. The predicted octanol–water partition coefficient (Wildman–Crippen LogP) is 1.66. The minimum absolute atomic E-state index is 0.0125. The van der Waals surface area contributed by atoms with E-state index in [1.54, 1.807) is 26.4 Å². The lowest BCUT2D eigenvalue weighted by atomic mass is 10.0. The van der Waals surface area contributed by atoms with Crippen molar-refractivity contribution in [2.24, 2.45) is 0 Å². The molecule has 5 nitrogen and oxygen atoms in total. The molecule has 0 aromatic heterocycles. The van der Waals surface area contributed by atoms with Crippen LogP contribution in [0.25, 0.3) is 0 Å². The Balaban J connectivity index is 1.91. The summed E-state index contributed by atoms with van der Waals surface area (Å²) in [7, 11) is 3.17. The van der Waals surface area contributed by atoms with Gasteiger partial charge in [-0.1, -0.05) is 30.3 Å². The number of carbonyl (C=O) groups is 1. The third-order valence-electron chi connectivity index (χ3n) is 3.31. The number of hydrogen-bond acceptors (Lipinski definition) is 5. The molecule has 0 radical (unpaired) electrons. The average Bonchev–Trinajstić information content (AvgIpc) is 2.53. The molecule has 2 rings (SSSR count).